The summed E-state index contributed by atoms with van der Waals surface area (Å²) in [5.74, 6) is 0.617. The number of carbonyl (C=O) groups is 1. The van der Waals surface area contributed by atoms with Crippen molar-refractivity contribution in [1.82, 2.24) is 0 Å². The zero-order valence-electron chi connectivity index (χ0n) is 20.2. The van der Waals surface area contributed by atoms with E-state index in [1.807, 2.05) is 6.92 Å². The molecule has 34 heavy (non-hydrogen) atoms. The zero-order valence-corrected chi connectivity index (χ0v) is 20.2. The Hall–Kier alpha value is -1.03. The van der Waals surface area contributed by atoms with Gasteiger partial charge in [0.15, 0.2) is 0 Å². The minimum absolute atomic E-state index is 0.0357. The van der Waals surface area contributed by atoms with Crippen LogP contribution in [0.5, 0.6) is 0 Å². The van der Waals surface area contributed by atoms with Crippen LogP contribution < -0.4 is 0 Å². The summed E-state index contributed by atoms with van der Waals surface area (Å²) < 4.78 is 11.1. The molecule has 1 spiro atoms. The van der Waals surface area contributed by atoms with E-state index in [1.54, 1.807) is 0 Å². The highest BCUT2D eigenvalue weighted by atomic mass is 16.7. The highest BCUT2D eigenvalue weighted by molar-refractivity contribution is 5.77. The SMILES string of the molecule is C[C@@]12CCC[C@@](C)(C(=O)O[C@@H]3O[C@H](CO)[C@@H](O)[C@H](O)[C@H]3O)[C@H]1CC[C@]13C=C(CO)[C@@H](CC[C@H]12)C3. The van der Waals surface area contributed by atoms with Gasteiger partial charge in [-0.05, 0) is 86.0 Å². The number of esters is 1. The Morgan fingerprint density at radius 1 is 1.03 bits per heavy atom. The van der Waals surface area contributed by atoms with E-state index in [0.717, 1.165) is 44.9 Å². The molecule has 0 aromatic heterocycles. The van der Waals surface area contributed by atoms with Gasteiger partial charge in [-0.2, -0.15) is 0 Å². The Kier molecular flexibility index (Phi) is 6.18. The van der Waals surface area contributed by atoms with Crippen LogP contribution >= 0.6 is 0 Å². The van der Waals surface area contributed by atoms with Crippen molar-refractivity contribution in [1.29, 1.82) is 0 Å². The van der Waals surface area contributed by atoms with Crippen LogP contribution in [0, 0.1) is 34.0 Å². The number of aliphatic hydroxyl groups is 5. The van der Waals surface area contributed by atoms with Crippen LogP contribution in [0.1, 0.15) is 65.2 Å². The summed E-state index contributed by atoms with van der Waals surface area (Å²) in [5, 5.41) is 49.9. The number of aliphatic hydroxyl groups excluding tert-OH is 5. The monoisotopic (exact) mass is 480 g/mol. The fourth-order valence-corrected chi connectivity index (χ4v) is 8.87. The maximum atomic E-state index is 13.7. The van der Waals surface area contributed by atoms with Crippen molar-refractivity contribution in [3.05, 3.63) is 11.6 Å². The van der Waals surface area contributed by atoms with Gasteiger partial charge in [-0.1, -0.05) is 19.4 Å². The van der Waals surface area contributed by atoms with Gasteiger partial charge in [-0.15, -0.1) is 0 Å². The lowest BCUT2D eigenvalue weighted by Gasteiger charge is -2.63. The number of fused-ring (bicyclic) bond motifs is 3. The normalized spacial score (nSPS) is 52.4. The molecule has 0 aromatic rings. The molecule has 4 fully saturated rings. The summed E-state index contributed by atoms with van der Waals surface area (Å²) in [5.41, 5.74) is 0.523. The number of carbonyl (C=O) groups excluding carboxylic acids is 1. The third kappa shape index (κ3) is 3.44. The standard InChI is InChI=1S/C26H40O8/c1-24-7-3-8-25(2,23(32)34-22-21(31)20(30)19(29)16(13-28)33-22)17(24)6-9-26-10-14(4-5-18(24)26)15(11-26)12-27/h11,14,16-22,27-31H,3-10,12-13H2,1-2H3/t14-,16+,17-,18-,19+,20-,21+,22-,24+,25+,26-/m0/s1. The fraction of sp³-hybridized carbons (Fsp3) is 0.885. The van der Waals surface area contributed by atoms with E-state index in [1.165, 1.54) is 5.57 Å². The Labute approximate surface area is 201 Å². The van der Waals surface area contributed by atoms with E-state index >= 15 is 0 Å². The molecular weight excluding hydrogens is 440 g/mol. The van der Waals surface area contributed by atoms with E-state index in [2.05, 4.69) is 13.0 Å². The Morgan fingerprint density at radius 2 is 1.79 bits per heavy atom. The van der Waals surface area contributed by atoms with Gasteiger partial charge in [0.1, 0.15) is 24.4 Å². The van der Waals surface area contributed by atoms with E-state index in [-0.39, 0.29) is 23.4 Å². The van der Waals surface area contributed by atoms with Crippen molar-refractivity contribution in [2.24, 2.45) is 34.0 Å². The van der Waals surface area contributed by atoms with Crippen molar-refractivity contribution >= 4 is 5.97 Å². The molecule has 1 heterocycles. The molecule has 0 aromatic carbocycles. The maximum absolute atomic E-state index is 13.7. The van der Waals surface area contributed by atoms with Crippen LogP contribution in [0.2, 0.25) is 0 Å². The average Bonchev–Trinajstić information content (AvgIpc) is 3.08. The largest absolute Gasteiger partial charge is 0.432 e. The topological polar surface area (TPSA) is 137 Å². The molecule has 0 radical (unpaired) electrons. The zero-order chi connectivity index (χ0) is 24.5. The molecule has 5 rings (SSSR count). The van der Waals surface area contributed by atoms with Gasteiger partial charge in [0.2, 0.25) is 6.29 Å². The van der Waals surface area contributed by atoms with Gasteiger partial charge in [-0.25, -0.2) is 0 Å². The van der Waals surface area contributed by atoms with Crippen LogP contribution in [0.4, 0.5) is 0 Å². The Morgan fingerprint density at radius 3 is 2.50 bits per heavy atom. The van der Waals surface area contributed by atoms with E-state index in [4.69, 9.17) is 9.47 Å². The first kappa shape index (κ1) is 24.7. The second kappa shape index (κ2) is 8.53. The summed E-state index contributed by atoms with van der Waals surface area (Å²) in [6, 6.07) is 0. The minimum atomic E-state index is -1.59. The summed E-state index contributed by atoms with van der Waals surface area (Å²) in [7, 11) is 0. The number of allylic oxidation sites excluding steroid dienone is 1. The van der Waals surface area contributed by atoms with Gasteiger partial charge in [0, 0.05) is 0 Å². The van der Waals surface area contributed by atoms with Gasteiger partial charge >= 0.3 is 5.97 Å². The summed E-state index contributed by atoms with van der Waals surface area (Å²) in [6.45, 7) is 3.88. The summed E-state index contributed by atoms with van der Waals surface area (Å²) >= 11 is 0. The predicted octanol–water partition coefficient (Wildman–Crippen LogP) is 1.27. The van der Waals surface area contributed by atoms with Crippen LogP contribution in [0.25, 0.3) is 0 Å². The average molecular weight is 481 g/mol. The second-order valence-corrected chi connectivity index (χ2v) is 12.1. The smallest absolute Gasteiger partial charge is 0.314 e. The third-order valence-corrected chi connectivity index (χ3v) is 10.5. The van der Waals surface area contributed by atoms with Crippen molar-refractivity contribution in [3.8, 4) is 0 Å². The summed E-state index contributed by atoms with van der Waals surface area (Å²) in [6.07, 6.45) is 3.03. The molecule has 4 aliphatic carbocycles. The van der Waals surface area contributed by atoms with E-state index < -0.39 is 48.7 Å². The molecule has 11 atom stereocenters. The Bertz CT molecular complexity index is 843. The van der Waals surface area contributed by atoms with Gasteiger partial charge in [-0.3, -0.25) is 4.79 Å². The van der Waals surface area contributed by atoms with Crippen molar-refractivity contribution in [2.45, 2.75) is 95.9 Å². The van der Waals surface area contributed by atoms with Gasteiger partial charge in [0.25, 0.3) is 0 Å². The molecular formula is C26H40O8. The number of hydrogen-bond acceptors (Lipinski definition) is 8. The van der Waals surface area contributed by atoms with Crippen LogP contribution in [-0.2, 0) is 14.3 Å². The first-order valence-corrected chi connectivity index (χ1v) is 12.9. The summed E-state index contributed by atoms with van der Waals surface area (Å²) in [4.78, 5) is 13.7. The lowest BCUT2D eigenvalue weighted by atomic mass is 9.41. The lowest BCUT2D eigenvalue weighted by Crippen LogP contribution is -2.61. The minimum Gasteiger partial charge on any atom is -0.432 e. The highest BCUT2D eigenvalue weighted by Crippen LogP contribution is 2.70. The third-order valence-electron chi connectivity index (χ3n) is 10.5. The molecule has 8 heteroatoms. The number of ether oxygens (including phenoxy) is 2. The molecule has 5 N–H and O–H groups in total. The molecule has 5 aliphatic rings. The quantitative estimate of drug-likeness (QED) is 0.300. The van der Waals surface area contributed by atoms with Crippen LogP contribution in [0.3, 0.4) is 0 Å². The molecule has 1 aliphatic heterocycles. The fourth-order valence-electron chi connectivity index (χ4n) is 8.87. The maximum Gasteiger partial charge on any atom is 0.314 e. The van der Waals surface area contributed by atoms with Crippen LogP contribution in [-0.4, -0.2) is 75.4 Å². The van der Waals surface area contributed by atoms with Crippen molar-refractivity contribution < 1.29 is 39.8 Å². The first-order chi connectivity index (χ1) is 16.1. The predicted molar refractivity (Wildman–Crippen MR) is 121 cm³/mol. The number of rotatable bonds is 4. The van der Waals surface area contributed by atoms with E-state index in [9.17, 15) is 30.3 Å². The van der Waals surface area contributed by atoms with E-state index in [0.29, 0.717) is 18.3 Å². The molecule has 192 valence electrons. The molecule has 3 saturated carbocycles. The first-order valence-electron chi connectivity index (χ1n) is 12.9. The van der Waals surface area contributed by atoms with Crippen LogP contribution in [0.15, 0.2) is 11.6 Å². The van der Waals surface area contributed by atoms with Crippen molar-refractivity contribution in [3.63, 3.8) is 0 Å². The second-order valence-electron chi connectivity index (χ2n) is 12.1. The molecule has 2 bridgehead atoms. The molecule has 8 nitrogen and oxygen atoms in total. The van der Waals surface area contributed by atoms with Crippen molar-refractivity contribution in [2.75, 3.05) is 13.2 Å². The molecule has 0 amide bonds. The number of hydrogen-bond donors (Lipinski definition) is 5. The van der Waals surface area contributed by atoms with Gasteiger partial charge in [0.05, 0.1) is 18.6 Å². The van der Waals surface area contributed by atoms with Gasteiger partial charge < -0.3 is 35.0 Å². The molecule has 1 saturated heterocycles. The lowest BCUT2D eigenvalue weighted by molar-refractivity contribution is -0.297. The Balaban J connectivity index is 1.39. The molecule has 0 unspecified atom stereocenters. The highest BCUT2D eigenvalue weighted by Gasteiger charge is 2.65.